The summed E-state index contributed by atoms with van der Waals surface area (Å²) in [5.74, 6) is -0.614. The summed E-state index contributed by atoms with van der Waals surface area (Å²) in [6, 6.07) is 25.6. The molecule has 2 aromatic heterocycles. The number of nitrogens with zero attached hydrogens (tertiary/aromatic N) is 1. The van der Waals surface area contributed by atoms with E-state index in [1.165, 1.54) is 39.8 Å². The third-order valence-electron chi connectivity index (χ3n) is 8.19. The normalized spacial score (nSPS) is 13.7. The molecule has 0 saturated carbocycles. The summed E-state index contributed by atoms with van der Waals surface area (Å²) >= 11 is 0. The van der Waals surface area contributed by atoms with Gasteiger partial charge in [0.05, 0.1) is 11.1 Å². The van der Waals surface area contributed by atoms with Gasteiger partial charge in [0.15, 0.2) is 5.82 Å². The lowest BCUT2D eigenvalue weighted by molar-refractivity contribution is -0.661. The van der Waals surface area contributed by atoms with Crippen molar-refractivity contribution in [2.24, 2.45) is 7.05 Å². The zero-order chi connectivity index (χ0) is 26.3. The molecule has 0 unspecified atom stereocenters. The highest BCUT2D eigenvalue weighted by Gasteiger charge is 2.37. The Balaban J connectivity index is 1.50. The van der Waals surface area contributed by atoms with Gasteiger partial charge in [0.1, 0.15) is 32.1 Å². The third kappa shape index (κ3) is 3.12. The van der Waals surface area contributed by atoms with Gasteiger partial charge in [-0.1, -0.05) is 67.7 Å². The highest BCUT2D eigenvalue weighted by atomic mass is 28.3. The molecule has 0 N–H and O–H groups in total. The molecule has 0 radical (unpaired) electrons. The molecule has 0 atom stereocenters. The fourth-order valence-corrected chi connectivity index (χ4v) is 9.36. The minimum Gasteiger partial charge on any atom is -0.454 e. The molecule has 4 aromatic carbocycles. The van der Waals surface area contributed by atoms with E-state index >= 15 is 4.39 Å². The fourth-order valence-electron chi connectivity index (χ4n) is 6.26. The van der Waals surface area contributed by atoms with Crippen molar-refractivity contribution in [3.63, 3.8) is 0 Å². The summed E-state index contributed by atoms with van der Waals surface area (Å²) in [5, 5.41) is 4.51. The van der Waals surface area contributed by atoms with Crippen LogP contribution < -0.4 is 14.9 Å². The number of rotatable bonds is 2. The van der Waals surface area contributed by atoms with E-state index in [9.17, 15) is 4.39 Å². The number of hydrogen-bond donors (Lipinski definition) is 0. The number of hydrogen-bond acceptors (Lipinski definition) is 1. The molecule has 2 nitrogen and oxygen atoms in total. The minimum absolute atomic E-state index is 0.305. The maximum absolute atomic E-state index is 15.7. The molecule has 7 rings (SSSR count). The SMILES string of the molecule is Cc1ccc2c(oc3c(-c4ccc5c(c4)[Si](C)(C)c4ccccc4-5)c(F)ccc32)c1-c1ccc(F)c[n+]1C. The Morgan fingerprint density at radius 2 is 1.45 bits per heavy atom. The number of furan rings is 1. The molecule has 1 aliphatic rings. The number of aryl methyl sites for hydroxylation is 2. The third-order valence-corrected chi connectivity index (χ3v) is 11.7. The van der Waals surface area contributed by atoms with Crippen LogP contribution in [0.25, 0.3) is 55.4 Å². The van der Waals surface area contributed by atoms with Crippen LogP contribution in [0.3, 0.4) is 0 Å². The molecular formula is C33H26F2NOSi+. The van der Waals surface area contributed by atoms with Gasteiger partial charge >= 0.3 is 0 Å². The fraction of sp³-hybridized carbons (Fsp3) is 0.121. The number of benzene rings is 4. The van der Waals surface area contributed by atoms with E-state index in [4.69, 9.17) is 4.42 Å². The van der Waals surface area contributed by atoms with Gasteiger partial charge in [-0.3, -0.25) is 0 Å². The first-order valence-electron chi connectivity index (χ1n) is 12.8. The maximum Gasteiger partial charge on any atom is 0.216 e. The van der Waals surface area contributed by atoms with Crippen molar-refractivity contribution in [1.29, 1.82) is 0 Å². The lowest BCUT2D eigenvalue weighted by Gasteiger charge is -2.19. The van der Waals surface area contributed by atoms with Crippen LogP contribution in [0, 0.1) is 18.6 Å². The monoisotopic (exact) mass is 518 g/mol. The molecule has 0 saturated heterocycles. The molecule has 6 aromatic rings. The smallest absolute Gasteiger partial charge is 0.216 e. The Kier molecular flexibility index (Phi) is 4.82. The van der Waals surface area contributed by atoms with Crippen LogP contribution in [0.15, 0.2) is 89.5 Å². The average molecular weight is 519 g/mol. The van der Waals surface area contributed by atoms with Crippen LogP contribution in [0.4, 0.5) is 8.78 Å². The quantitative estimate of drug-likeness (QED) is 0.176. The summed E-state index contributed by atoms with van der Waals surface area (Å²) in [4.78, 5) is 0. The van der Waals surface area contributed by atoms with Crippen LogP contribution in [0.2, 0.25) is 13.1 Å². The number of pyridine rings is 1. The molecule has 1 aliphatic heterocycles. The first-order chi connectivity index (χ1) is 18.3. The van der Waals surface area contributed by atoms with Gasteiger partial charge in [-0.15, -0.1) is 0 Å². The predicted octanol–water partition coefficient (Wildman–Crippen LogP) is 7.13. The van der Waals surface area contributed by atoms with Crippen molar-refractivity contribution in [3.8, 4) is 33.5 Å². The number of aromatic nitrogens is 1. The van der Waals surface area contributed by atoms with Gasteiger partial charge in [-0.05, 0) is 57.8 Å². The van der Waals surface area contributed by atoms with Crippen LogP contribution in [-0.4, -0.2) is 8.07 Å². The minimum atomic E-state index is -1.92. The van der Waals surface area contributed by atoms with Crippen LogP contribution in [0.1, 0.15) is 5.56 Å². The second-order valence-corrected chi connectivity index (χ2v) is 15.1. The lowest BCUT2D eigenvalue weighted by Crippen LogP contribution is -2.49. The maximum atomic E-state index is 15.7. The van der Waals surface area contributed by atoms with E-state index < -0.39 is 8.07 Å². The predicted molar refractivity (Wildman–Crippen MR) is 153 cm³/mol. The molecular weight excluding hydrogens is 492 g/mol. The Morgan fingerprint density at radius 3 is 2.24 bits per heavy atom. The summed E-state index contributed by atoms with van der Waals surface area (Å²) in [6.45, 7) is 6.73. The van der Waals surface area contributed by atoms with Gasteiger partial charge in [0, 0.05) is 16.8 Å². The molecule has 0 aliphatic carbocycles. The van der Waals surface area contributed by atoms with E-state index in [2.05, 4.69) is 49.5 Å². The molecule has 0 fully saturated rings. The Hall–Kier alpha value is -4.09. The molecule has 3 heterocycles. The summed E-state index contributed by atoms with van der Waals surface area (Å²) in [6.07, 6.45) is 1.45. The standard InChI is InChI=1S/C33H26F2NOSi/c1-19-9-12-24-25-14-15-26(35)31(33(25)37-32(24)30(19)27-16-11-21(34)18-36(27)2)20-10-13-23-22-7-5-6-8-28(22)38(3,4)29(23)17-20/h5-18H,1-4H3/q+1. The molecule has 38 heavy (non-hydrogen) atoms. The zero-order valence-electron chi connectivity index (χ0n) is 21.7. The summed E-state index contributed by atoms with van der Waals surface area (Å²) in [7, 11) is -0.102. The van der Waals surface area contributed by atoms with Gasteiger partial charge < -0.3 is 4.42 Å². The summed E-state index contributed by atoms with van der Waals surface area (Å²) in [5.41, 5.74) is 7.77. The highest BCUT2D eigenvalue weighted by Crippen LogP contribution is 2.42. The first-order valence-corrected chi connectivity index (χ1v) is 15.8. The van der Waals surface area contributed by atoms with E-state index in [0.29, 0.717) is 16.7 Å². The molecule has 186 valence electrons. The average Bonchev–Trinajstić information content (AvgIpc) is 3.37. The van der Waals surface area contributed by atoms with Crippen LogP contribution in [-0.2, 0) is 7.05 Å². The van der Waals surface area contributed by atoms with Crippen LogP contribution >= 0.6 is 0 Å². The Labute approximate surface area is 220 Å². The van der Waals surface area contributed by atoms with Gasteiger partial charge in [-0.2, -0.15) is 4.57 Å². The van der Waals surface area contributed by atoms with Crippen molar-refractivity contribution >= 4 is 40.4 Å². The second kappa shape index (κ2) is 7.95. The lowest BCUT2D eigenvalue weighted by atomic mass is 9.97. The number of halogens is 2. The van der Waals surface area contributed by atoms with Gasteiger partial charge in [0.2, 0.25) is 11.9 Å². The van der Waals surface area contributed by atoms with E-state index in [1.807, 2.05) is 32.2 Å². The Morgan fingerprint density at radius 1 is 0.737 bits per heavy atom. The van der Waals surface area contributed by atoms with Crippen molar-refractivity contribution in [1.82, 2.24) is 0 Å². The van der Waals surface area contributed by atoms with E-state index in [0.717, 1.165) is 33.2 Å². The van der Waals surface area contributed by atoms with Crippen LogP contribution in [0.5, 0.6) is 0 Å². The van der Waals surface area contributed by atoms with Gasteiger partial charge in [-0.25, -0.2) is 8.78 Å². The first kappa shape index (κ1) is 23.1. The highest BCUT2D eigenvalue weighted by molar-refractivity contribution is 7.03. The van der Waals surface area contributed by atoms with Crippen molar-refractivity contribution in [2.45, 2.75) is 20.0 Å². The van der Waals surface area contributed by atoms with Crippen molar-refractivity contribution in [2.75, 3.05) is 0 Å². The largest absolute Gasteiger partial charge is 0.454 e. The molecule has 0 bridgehead atoms. The van der Waals surface area contributed by atoms with E-state index in [-0.39, 0.29) is 11.6 Å². The Bertz CT molecular complexity index is 1950. The van der Waals surface area contributed by atoms with Crippen molar-refractivity contribution in [3.05, 3.63) is 102 Å². The second-order valence-electron chi connectivity index (χ2n) is 10.8. The topological polar surface area (TPSA) is 17.0 Å². The summed E-state index contributed by atoms with van der Waals surface area (Å²) < 4.78 is 37.9. The van der Waals surface area contributed by atoms with Gasteiger partial charge in [0.25, 0.3) is 0 Å². The molecule has 0 amide bonds. The molecule has 0 spiro atoms. The molecule has 5 heteroatoms. The van der Waals surface area contributed by atoms with Crippen molar-refractivity contribution < 1.29 is 17.8 Å². The zero-order valence-corrected chi connectivity index (χ0v) is 22.7. The number of fused-ring (bicyclic) bond motifs is 6. The van der Waals surface area contributed by atoms with E-state index in [1.54, 1.807) is 16.7 Å².